The Morgan fingerprint density at radius 3 is 0.600 bits per heavy atom. The predicted molar refractivity (Wildman–Crippen MR) is 1.37 cm³/mol. The molecule has 5 heavy (non-hydrogen) atoms. The van der Waals surface area contributed by atoms with Gasteiger partial charge in [0.1, 0.15) is 0 Å². The largest absolute Gasteiger partial charge is 2.00 e. The molecule has 0 aliphatic carbocycles. The fourth-order valence-corrected chi connectivity index (χ4v) is 0. The third-order valence-corrected chi connectivity index (χ3v) is 0. The van der Waals surface area contributed by atoms with Crippen LogP contribution in [0.5, 0.6) is 0 Å². The Balaban J connectivity index is 0. The van der Waals surface area contributed by atoms with E-state index in [1.54, 1.807) is 0 Å². The molecule has 0 atom stereocenters. The molecule has 0 amide bonds. The molecule has 0 spiro atoms. The summed E-state index contributed by atoms with van der Waals surface area (Å²) in [4.78, 5) is 0. The van der Waals surface area contributed by atoms with Gasteiger partial charge in [-0.2, -0.15) is 0 Å². The van der Waals surface area contributed by atoms with Crippen molar-refractivity contribution in [2.24, 2.45) is 0 Å². The van der Waals surface area contributed by atoms with E-state index in [1.165, 1.54) is 0 Å². The third-order valence-electron chi connectivity index (χ3n) is 0. The molecule has 0 bridgehead atoms. The molecule has 5 heteroatoms. The third kappa shape index (κ3) is 17.7. The van der Waals surface area contributed by atoms with E-state index in [-0.39, 0.29) is 155 Å². The first kappa shape index (κ1) is 34.0. The van der Waals surface area contributed by atoms with Gasteiger partial charge in [0.25, 0.3) is 0 Å². The molecule has 2 nitrogen and oxygen atoms in total. The molecule has 0 unspecified atom stereocenters. The Hall–Kier alpha value is 4.47. The number of rotatable bonds is 0. The van der Waals surface area contributed by atoms with Crippen molar-refractivity contribution in [3.63, 3.8) is 0 Å². The van der Waals surface area contributed by atoms with Crippen LogP contribution in [0.2, 0.25) is 0 Å². The fourth-order valence-electron chi connectivity index (χ4n) is 0. The first-order valence-electron chi connectivity index (χ1n) is 0. The Kier molecular flexibility index (Phi) is 161. The zero-order chi connectivity index (χ0) is 0. The van der Waals surface area contributed by atoms with Crippen LogP contribution in [0.1, 0.15) is 0 Å². The summed E-state index contributed by atoms with van der Waals surface area (Å²) in [7, 11) is 0. The van der Waals surface area contributed by atoms with Crippen molar-refractivity contribution in [2.75, 3.05) is 0 Å². The quantitative estimate of drug-likeness (QED) is 0.362. The molecule has 0 fully saturated rings. The fraction of sp³-hybridized carbons (Fsp3) is 0. The van der Waals surface area contributed by atoms with E-state index in [4.69, 9.17) is 0 Å². The molecular formula is HgO2Rb2. The predicted octanol–water partition coefficient (Wildman–Crippen LogP) is -6.23. The van der Waals surface area contributed by atoms with Crippen molar-refractivity contribution in [2.45, 2.75) is 0 Å². The van der Waals surface area contributed by atoms with Crippen LogP contribution < -0.4 is 116 Å². The van der Waals surface area contributed by atoms with Crippen molar-refractivity contribution >= 4 is 0 Å². The van der Waals surface area contributed by atoms with Crippen LogP contribution in [0.25, 0.3) is 0 Å². The zero-order valence-corrected chi connectivity index (χ0v) is 18.9. The topological polar surface area (TPSA) is 57.0 Å². The first-order chi connectivity index (χ1) is 0. The Morgan fingerprint density at radius 2 is 0.600 bits per heavy atom. The molecule has 0 aromatic rings. The standard InChI is InChI=1S/Hg.2O.2Rb/q+2;2*-2;2*+1. The molecule has 0 aromatic carbocycles. The maximum absolute atomic E-state index is 0. The summed E-state index contributed by atoms with van der Waals surface area (Å²) in [5.41, 5.74) is 0. The minimum atomic E-state index is 0. The monoisotopic (exact) mass is 404 g/mol. The average Bonchev–Trinajstić information content (AvgIpc) is 0. The van der Waals surface area contributed by atoms with Crippen LogP contribution in [0, 0.1) is 0 Å². The van der Waals surface area contributed by atoms with Gasteiger partial charge < -0.3 is 11.0 Å². The number of hydrogen-bond acceptors (Lipinski definition) is 0. The molecule has 0 aliphatic rings. The molecule has 0 saturated carbocycles. The van der Waals surface area contributed by atoms with Gasteiger partial charge >= 0.3 is 144 Å². The van der Waals surface area contributed by atoms with E-state index in [1.807, 2.05) is 0 Å². The summed E-state index contributed by atoms with van der Waals surface area (Å²) in [6, 6.07) is 0. The Labute approximate surface area is 150 Å². The minimum absolute atomic E-state index is 0. The van der Waals surface area contributed by atoms with Crippen molar-refractivity contribution in [1.29, 1.82) is 0 Å². The van der Waals surface area contributed by atoms with Crippen LogP contribution in [0.4, 0.5) is 0 Å². The maximum Gasteiger partial charge on any atom is 2.00 e. The van der Waals surface area contributed by atoms with Gasteiger partial charge in [0, 0.05) is 0 Å². The van der Waals surface area contributed by atoms with E-state index in [9.17, 15) is 0 Å². The van der Waals surface area contributed by atoms with Crippen LogP contribution >= 0.6 is 0 Å². The molecule has 0 N–H and O–H groups in total. The smallest absolute Gasteiger partial charge is 2.00 e. The second-order valence-corrected chi connectivity index (χ2v) is 0. The molecule has 0 heterocycles. The van der Waals surface area contributed by atoms with E-state index >= 15 is 0 Å². The van der Waals surface area contributed by atoms with E-state index in [2.05, 4.69) is 0 Å². The van der Waals surface area contributed by atoms with Crippen LogP contribution in [-0.4, -0.2) is 0 Å². The molecule has 0 aromatic heterocycles. The second-order valence-electron chi connectivity index (χ2n) is 0. The summed E-state index contributed by atoms with van der Waals surface area (Å²) >= 11 is 0. The molecule has 0 aliphatic heterocycles. The van der Waals surface area contributed by atoms with Gasteiger partial charge in [-0.3, -0.25) is 0 Å². The van der Waals surface area contributed by atoms with Gasteiger partial charge in [0.2, 0.25) is 0 Å². The van der Waals surface area contributed by atoms with Gasteiger partial charge in [0.15, 0.2) is 0 Å². The van der Waals surface area contributed by atoms with Crippen molar-refractivity contribution < 1.29 is 155 Å². The Morgan fingerprint density at radius 1 is 0.600 bits per heavy atom. The molecule has 0 radical (unpaired) electrons. The molecule has 0 saturated heterocycles. The maximum atomic E-state index is 0. The summed E-state index contributed by atoms with van der Waals surface area (Å²) in [6.45, 7) is 0. The zero-order valence-electron chi connectivity index (χ0n) is 3.52. The van der Waals surface area contributed by atoms with Crippen LogP contribution in [-0.2, 0) is 38.6 Å². The first-order valence-corrected chi connectivity index (χ1v) is 0. The van der Waals surface area contributed by atoms with Crippen molar-refractivity contribution in [1.82, 2.24) is 0 Å². The van der Waals surface area contributed by atoms with Gasteiger partial charge in [0.05, 0.1) is 0 Å². The SMILES string of the molecule is [Hg+2].[O-2].[O-2].[Rb+].[Rb+]. The van der Waals surface area contributed by atoms with Gasteiger partial charge in [-0.1, -0.05) is 0 Å². The van der Waals surface area contributed by atoms with E-state index < -0.39 is 0 Å². The van der Waals surface area contributed by atoms with E-state index in [0.29, 0.717) is 0 Å². The molecule has 0 rings (SSSR count). The summed E-state index contributed by atoms with van der Waals surface area (Å²) in [5, 5.41) is 0. The van der Waals surface area contributed by atoms with Gasteiger partial charge in [-0.05, 0) is 0 Å². The molecular weight excluding hydrogens is 404 g/mol. The van der Waals surface area contributed by atoms with Crippen LogP contribution in [0.3, 0.4) is 0 Å². The average molecular weight is 404 g/mol. The van der Waals surface area contributed by atoms with Crippen LogP contribution in [0.15, 0.2) is 0 Å². The number of hydrogen-bond donors (Lipinski definition) is 0. The Bertz CT molecular complexity index is 7.61. The summed E-state index contributed by atoms with van der Waals surface area (Å²) < 4.78 is 0. The van der Waals surface area contributed by atoms with Gasteiger partial charge in [-0.25, -0.2) is 0 Å². The second kappa shape index (κ2) is 23.7. The minimum Gasteiger partial charge on any atom is -2.00 e. The van der Waals surface area contributed by atoms with Crippen molar-refractivity contribution in [3.8, 4) is 0 Å². The van der Waals surface area contributed by atoms with Gasteiger partial charge in [-0.15, -0.1) is 0 Å². The van der Waals surface area contributed by atoms with E-state index in [0.717, 1.165) is 0 Å². The van der Waals surface area contributed by atoms with Crippen molar-refractivity contribution in [3.05, 3.63) is 0 Å². The normalized spacial score (nSPS) is 0. The molecule has 16 valence electrons. The summed E-state index contributed by atoms with van der Waals surface area (Å²) in [5.74, 6) is 0. The summed E-state index contributed by atoms with van der Waals surface area (Å²) in [6.07, 6.45) is 0.